The number of rotatable bonds is 6. The Bertz CT molecular complexity index is 1220. The van der Waals surface area contributed by atoms with E-state index in [4.69, 9.17) is 9.72 Å². The second-order valence-corrected chi connectivity index (χ2v) is 10.2. The molecule has 32 heavy (non-hydrogen) atoms. The average molecular weight is 468 g/mol. The van der Waals surface area contributed by atoms with Crippen LogP contribution in [0.3, 0.4) is 0 Å². The van der Waals surface area contributed by atoms with E-state index in [2.05, 4.69) is 18.3 Å². The van der Waals surface area contributed by atoms with Crippen LogP contribution < -0.4 is 15.6 Å². The van der Waals surface area contributed by atoms with Crippen molar-refractivity contribution in [2.45, 2.75) is 42.5 Å². The number of ether oxygens (including phenoxy) is 1. The van der Waals surface area contributed by atoms with Gasteiger partial charge in [0.05, 0.1) is 34.8 Å². The number of fused-ring (bicyclic) bond motifs is 1. The Kier molecular flexibility index (Phi) is 6.62. The molecule has 1 amide bonds. The van der Waals surface area contributed by atoms with E-state index in [0.29, 0.717) is 26.7 Å². The normalized spacial score (nSPS) is 14.8. The van der Waals surface area contributed by atoms with Crippen molar-refractivity contribution in [1.82, 2.24) is 9.55 Å². The van der Waals surface area contributed by atoms with Gasteiger partial charge in [0.25, 0.3) is 5.56 Å². The molecular formula is C24H25N3O3S2. The average Bonchev–Trinajstić information content (AvgIpc) is 3.12. The standard InChI is InChI=1S/C24H25N3O3S2/c1-14-9-15(2)11-17(10-14)27-23(29)22-19(12-16(3)32-22)26-24(27)31-13-21(28)25-18-7-5-6-8-20(18)30-4/h5-11,16H,12-13H2,1-4H3,(H,25,28). The van der Waals surface area contributed by atoms with E-state index < -0.39 is 0 Å². The lowest BCUT2D eigenvalue weighted by Crippen LogP contribution is -2.25. The molecule has 0 fully saturated rings. The predicted octanol–water partition coefficient (Wildman–Crippen LogP) is 4.63. The van der Waals surface area contributed by atoms with Crippen LogP contribution in [0, 0.1) is 13.8 Å². The van der Waals surface area contributed by atoms with Gasteiger partial charge < -0.3 is 10.1 Å². The van der Waals surface area contributed by atoms with Crippen molar-refractivity contribution >= 4 is 35.1 Å². The smallest absolute Gasteiger partial charge is 0.272 e. The Balaban J connectivity index is 1.66. The molecule has 1 aliphatic heterocycles. The molecule has 8 heteroatoms. The number of nitrogens with one attached hydrogen (secondary N) is 1. The molecule has 4 rings (SSSR count). The van der Waals surface area contributed by atoms with Gasteiger partial charge in [0, 0.05) is 11.7 Å². The minimum absolute atomic E-state index is 0.0676. The highest BCUT2D eigenvalue weighted by Crippen LogP contribution is 2.35. The second-order valence-electron chi connectivity index (χ2n) is 7.83. The topological polar surface area (TPSA) is 73.2 Å². The van der Waals surface area contributed by atoms with Gasteiger partial charge in [-0.15, -0.1) is 11.8 Å². The molecule has 0 saturated carbocycles. The Morgan fingerprint density at radius 2 is 1.97 bits per heavy atom. The molecule has 1 atom stereocenters. The highest BCUT2D eigenvalue weighted by molar-refractivity contribution is 8.00. The molecule has 6 nitrogen and oxygen atoms in total. The molecule has 3 aromatic rings. The largest absolute Gasteiger partial charge is 0.495 e. The van der Waals surface area contributed by atoms with Crippen LogP contribution in [-0.4, -0.2) is 33.6 Å². The summed E-state index contributed by atoms with van der Waals surface area (Å²) in [7, 11) is 1.57. The first-order valence-corrected chi connectivity index (χ1v) is 12.2. The fourth-order valence-electron chi connectivity index (χ4n) is 3.77. The molecule has 0 radical (unpaired) electrons. The van der Waals surface area contributed by atoms with E-state index in [1.807, 2.05) is 38.1 Å². The van der Waals surface area contributed by atoms with Crippen molar-refractivity contribution in [1.29, 1.82) is 0 Å². The zero-order valence-electron chi connectivity index (χ0n) is 18.5. The summed E-state index contributed by atoms with van der Waals surface area (Å²) >= 11 is 2.84. The molecule has 2 heterocycles. The number of amides is 1. The fourth-order valence-corrected chi connectivity index (χ4v) is 5.69. The van der Waals surface area contributed by atoms with Gasteiger partial charge in [-0.1, -0.05) is 36.9 Å². The SMILES string of the molecule is COc1ccccc1NC(=O)CSc1nc2c(c(=O)n1-c1cc(C)cc(C)c1)SC(C)C2. The summed E-state index contributed by atoms with van der Waals surface area (Å²) < 4.78 is 6.95. The van der Waals surface area contributed by atoms with Crippen LogP contribution in [-0.2, 0) is 11.2 Å². The zero-order valence-corrected chi connectivity index (χ0v) is 20.1. The third-order valence-electron chi connectivity index (χ3n) is 5.06. The number of hydrogen-bond donors (Lipinski definition) is 1. The maximum absolute atomic E-state index is 13.4. The van der Waals surface area contributed by atoms with Crippen molar-refractivity contribution in [3.05, 3.63) is 69.6 Å². The first-order chi connectivity index (χ1) is 15.4. The molecule has 166 valence electrons. The summed E-state index contributed by atoms with van der Waals surface area (Å²) in [6, 6.07) is 13.3. The van der Waals surface area contributed by atoms with Crippen molar-refractivity contribution in [3.8, 4) is 11.4 Å². The summed E-state index contributed by atoms with van der Waals surface area (Å²) in [5, 5.41) is 3.72. The molecule has 0 saturated heterocycles. The van der Waals surface area contributed by atoms with Gasteiger partial charge in [0.2, 0.25) is 5.91 Å². The van der Waals surface area contributed by atoms with Gasteiger partial charge in [-0.2, -0.15) is 0 Å². The maximum atomic E-state index is 13.4. The summed E-state index contributed by atoms with van der Waals surface area (Å²) in [5.41, 5.74) is 4.27. The molecule has 0 aliphatic carbocycles. The van der Waals surface area contributed by atoms with Crippen LogP contribution in [0.1, 0.15) is 23.7 Å². The number of anilines is 1. The number of thioether (sulfide) groups is 2. The summed E-state index contributed by atoms with van der Waals surface area (Å²) in [4.78, 5) is 31.6. The summed E-state index contributed by atoms with van der Waals surface area (Å²) in [6.45, 7) is 6.11. The minimum atomic E-state index is -0.191. The molecule has 1 unspecified atom stereocenters. The lowest BCUT2D eigenvalue weighted by atomic mass is 10.1. The maximum Gasteiger partial charge on any atom is 0.272 e. The lowest BCUT2D eigenvalue weighted by molar-refractivity contribution is -0.113. The number of aromatic nitrogens is 2. The van der Waals surface area contributed by atoms with Gasteiger partial charge >= 0.3 is 0 Å². The zero-order chi connectivity index (χ0) is 22.8. The first kappa shape index (κ1) is 22.5. The van der Waals surface area contributed by atoms with E-state index in [1.54, 1.807) is 35.6 Å². The van der Waals surface area contributed by atoms with E-state index in [9.17, 15) is 9.59 Å². The Morgan fingerprint density at radius 3 is 2.69 bits per heavy atom. The van der Waals surface area contributed by atoms with E-state index >= 15 is 0 Å². The van der Waals surface area contributed by atoms with Gasteiger partial charge in [0.1, 0.15) is 5.75 Å². The highest BCUT2D eigenvalue weighted by Gasteiger charge is 2.27. The number of methoxy groups -OCH3 is 1. The van der Waals surface area contributed by atoms with E-state index in [0.717, 1.165) is 28.9 Å². The van der Waals surface area contributed by atoms with Gasteiger partial charge in [0.15, 0.2) is 5.16 Å². The summed E-state index contributed by atoms with van der Waals surface area (Å²) in [6.07, 6.45) is 0.754. The number of carbonyl (C=O) groups excluding carboxylic acids is 1. The fraction of sp³-hybridized carbons (Fsp3) is 0.292. The molecule has 0 bridgehead atoms. The molecule has 2 aromatic carbocycles. The van der Waals surface area contributed by atoms with E-state index in [-0.39, 0.29) is 17.2 Å². The van der Waals surface area contributed by atoms with Crippen LogP contribution >= 0.6 is 23.5 Å². The van der Waals surface area contributed by atoms with Crippen LogP contribution in [0.25, 0.3) is 5.69 Å². The molecular weight excluding hydrogens is 442 g/mol. The highest BCUT2D eigenvalue weighted by atomic mass is 32.2. The third kappa shape index (κ3) is 4.71. The predicted molar refractivity (Wildman–Crippen MR) is 131 cm³/mol. The van der Waals surface area contributed by atoms with E-state index in [1.165, 1.54) is 11.8 Å². The quantitative estimate of drug-likeness (QED) is 0.421. The number of para-hydroxylation sites is 2. The summed E-state index contributed by atoms with van der Waals surface area (Å²) in [5.74, 6) is 0.528. The van der Waals surface area contributed by atoms with Crippen LogP contribution in [0.4, 0.5) is 5.69 Å². The number of hydrogen-bond acceptors (Lipinski definition) is 6. The monoisotopic (exact) mass is 467 g/mol. The van der Waals surface area contributed by atoms with Crippen molar-refractivity contribution in [3.63, 3.8) is 0 Å². The van der Waals surface area contributed by atoms with Crippen molar-refractivity contribution in [2.75, 3.05) is 18.2 Å². The number of benzene rings is 2. The Labute approximate surface area is 195 Å². The second kappa shape index (κ2) is 9.42. The molecule has 1 aromatic heterocycles. The molecule has 1 aliphatic rings. The van der Waals surface area contributed by atoms with Crippen LogP contribution in [0.2, 0.25) is 0 Å². The van der Waals surface area contributed by atoms with Gasteiger partial charge in [-0.05, 0) is 49.2 Å². The number of nitrogens with zero attached hydrogens (tertiary/aromatic N) is 2. The number of aryl methyl sites for hydroxylation is 2. The van der Waals surface area contributed by atoms with Crippen LogP contribution in [0.5, 0.6) is 5.75 Å². The third-order valence-corrected chi connectivity index (χ3v) is 7.21. The van der Waals surface area contributed by atoms with Crippen LogP contribution in [0.15, 0.2) is 57.3 Å². The Hall–Kier alpha value is -2.71. The minimum Gasteiger partial charge on any atom is -0.495 e. The van der Waals surface area contributed by atoms with Crippen molar-refractivity contribution < 1.29 is 9.53 Å². The number of carbonyl (C=O) groups is 1. The first-order valence-electron chi connectivity index (χ1n) is 10.3. The molecule has 0 spiro atoms. The van der Waals surface area contributed by atoms with Gasteiger partial charge in [-0.25, -0.2) is 4.98 Å². The van der Waals surface area contributed by atoms with Crippen molar-refractivity contribution in [2.24, 2.45) is 0 Å². The lowest BCUT2D eigenvalue weighted by Gasteiger charge is -2.15. The van der Waals surface area contributed by atoms with Gasteiger partial charge in [-0.3, -0.25) is 14.2 Å². The molecule has 1 N–H and O–H groups in total. The Morgan fingerprint density at radius 1 is 1.25 bits per heavy atom.